The van der Waals surface area contributed by atoms with Crippen LogP contribution in [0.25, 0.3) is 11.3 Å². The Kier molecular flexibility index (Phi) is 7.39. The van der Waals surface area contributed by atoms with E-state index in [2.05, 4.69) is 22.0 Å². The molecule has 0 bridgehead atoms. The minimum Gasteiger partial charge on any atom is -0.497 e. The Labute approximate surface area is 206 Å². The van der Waals surface area contributed by atoms with Crippen LogP contribution in [0.3, 0.4) is 0 Å². The summed E-state index contributed by atoms with van der Waals surface area (Å²) < 4.78 is 16.7. The Hall–Kier alpha value is -3.81. The molecule has 1 aliphatic rings. The molecule has 8 heteroatoms. The van der Waals surface area contributed by atoms with Crippen LogP contribution >= 0.6 is 0 Å². The Balaban J connectivity index is 1.36. The Morgan fingerprint density at radius 1 is 0.857 bits per heavy atom. The fourth-order valence-corrected chi connectivity index (χ4v) is 4.11. The van der Waals surface area contributed by atoms with E-state index >= 15 is 0 Å². The lowest BCUT2D eigenvalue weighted by Gasteiger charge is -2.36. The van der Waals surface area contributed by atoms with E-state index in [1.807, 2.05) is 60.4 Å². The summed E-state index contributed by atoms with van der Waals surface area (Å²) in [5, 5.41) is 8.86. The smallest absolute Gasteiger partial charge is 0.263 e. The van der Waals surface area contributed by atoms with E-state index in [0.717, 1.165) is 28.4 Å². The number of piperazine rings is 1. The molecule has 4 rings (SSSR count). The van der Waals surface area contributed by atoms with E-state index in [-0.39, 0.29) is 5.91 Å². The number of ether oxygens (including phenoxy) is 3. The Morgan fingerprint density at radius 3 is 2.23 bits per heavy atom. The molecule has 0 spiro atoms. The summed E-state index contributed by atoms with van der Waals surface area (Å²) in [6.07, 6.45) is -0.541. The number of aryl methyl sites for hydroxylation is 2. The zero-order valence-electron chi connectivity index (χ0n) is 20.9. The van der Waals surface area contributed by atoms with Crippen molar-refractivity contribution in [2.75, 3.05) is 45.3 Å². The third kappa shape index (κ3) is 5.48. The first-order valence-corrected chi connectivity index (χ1v) is 11.7. The molecule has 3 aromatic rings. The first kappa shape index (κ1) is 24.3. The number of anilines is 1. The zero-order chi connectivity index (χ0) is 24.9. The van der Waals surface area contributed by atoms with Crippen LogP contribution in [-0.4, -0.2) is 67.5 Å². The highest BCUT2D eigenvalue weighted by Crippen LogP contribution is 2.32. The van der Waals surface area contributed by atoms with E-state index in [1.165, 1.54) is 5.56 Å². The highest BCUT2D eigenvalue weighted by Gasteiger charge is 2.27. The third-order valence-electron chi connectivity index (χ3n) is 6.39. The van der Waals surface area contributed by atoms with Crippen LogP contribution < -0.4 is 19.1 Å². The van der Waals surface area contributed by atoms with Crippen LogP contribution in [0.1, 0.15) is 18.1 Å². The molecule has 0 radical (unpaired) electrons. The lowest BCUT2D eigenvalue weighted by Crippen LogP contribution is -2.52. The molecule has 1 aliphatic heterocycles. The number of carbonyl (C=O) groups excluding carboxylic acids is 1. The average Bonchev–Trinajstić information content (AvgIpc) is 2.90. The number of aromatic nitrogens is 2. The van der Waals surface area contributed by atoms with Crippen molar-refractivity contribution in [1.29, 1.82) is 0 Å². The van der Waals surface area contributed by atoms with Gasteiger partial charge in [0, 0.05) is 31.7 Å². The number of methoxy groups -OCH3 is 2. The molecule has 184 valence electrons. The van der Waals surface area contributed by atoms with Crippen molar-refractivity contribution < 1.29 is 19.0 Å². The molecule has 2 aromatic carbocycles. The van der Waals surface area contributed by atoms with E-state index < -0.39 is 6.10 Å². The maximum atomic E-state index is 12.9. The molecule has 1 atom stereocenters. The second-order valence-corrected chi connectivity index (χ2v) is 8.66. The SMILES string of the molecule is COc1ccc(OC)c(-c2ccc(N3CCN(C(=O)C(C)Oc4ccc(C)c(C)c4)CC3)nn2)c1. The topological polar surface area (TPSA) is 77.0 Å². The number of benzene rings is 2. The number of amides is 1. The molecule has 0 N–H and O–H groups in total. The van der Waals surface area contributed by atoms with Gasteiger partial charge >= 0.3 is 0 Å². The van der Waals surface area contributed by atoms with Gasteiger partial charge in [-0.1, -0.05) is 6.07 Å². The van der Waals surface area contributed by atoms with Gasteiger partial charge in [-0.15, -0.1) is 10.2 Å². The fraction of sp³-hybridized carbons (Fsp3) is 0.370. The first-order chi connectivity index (χ1) is 16.9. The van der Waals surface area contributed by atoms with Gasteiger partial charge in [0.05, 0.1) is 19.9 Å². The van der Waals surface area contributed by atoms with Crippen molar-refractivity contribution in [3.63, 3.8) is 0 Å². The lowest BCUT2D eigenvalue weighted by molar-refractivity contribution is -0.138. The summed E-state index contributed by atoms with van der Waals surface area (Å²) in [6.45, 7) is 8.47. The van der Waals surface area contributed by atoms with E-state index in [9.17, 15) is 4.79 Å². The molecule has 1 amide bonds. The van der Waals surface area contributed by atoms with Gasteiger partial charge in [0.2, 0.25) is 0 Å². The van der Waals surface area contributed by atoms with Gasteiger partial charge in [0.25, 0.3) is 5.91 Å². The predicted octanol–water partition coefficient (Wildman–Crippen LogP) is 3.89. The van der Waals surface area contributed by atoms with Crippen LogP contribution in [0.4, 0.5) is 5.82 Å². The molecular formula is C27H32N4O4. The highest BCUT2D eigenvalue weighted by molar-refractivity contribution is 5.81. The van der Waals surface area contributed by atoms with E-state index in [1.54, 1.807) is 21.1 Å². The average molecular weight is 477 g/mol. The van der Waals surface area contributed by atoms with Crippen LogP contribution in [0.5, 0.6) is 17.2 Å². The van der Waals surface area contributed by atoms with Gasteiger partial charge in [0.15, 0.2) is 11.9 Å². The van der Waals surface area contributed by atoms with Crippen LogP contribution in [0.15, 0.2) is 48.5 Å². The summed E-state index contributed by atoms with van der Waals surface area (Å²) in [5.41, 5.74) is 3.87. The molecule has 8 nitrogen and oxygen atoms in total. The molecule has 2 heterocycles. The summed E-state index contributed by atoms with van der Waals surface area (Å²) in [7, 11) is 3.25. The van der Waals surface area contributed by atoms with Crippen LogP contribution in [0.2, 0.25) is 0 Å². The minimum atomic E-state index is -0.541. The second-order valence-electron chi connectivity index (χ2n) is 8.66. The van der Waals surface area contributed by atoms with Gasteiger partial charge in [-0.3, -0.25) is 4.79 Å². The normalized spacial score (nSPS) is 14.4. The van der Waals surface area contributed by atoms with Crippen molar-refractivity contribution in [3.05, 3.63) is 59.7 Å². The Morgan fingerprint density at radius 2 is 1.60 bits per heavy atom. The number of hydrogen-bond acceptors (Lipinski definition) is 7. The van der Waals surface area contributed by atoms with Crippen LogP contribution in [-0.2, 0) is 4.79 Å². The van der Waals surface area contributed by atoms with Crippen molar-refractivity contribution >= 4 is 11.7 Å². The van der Waals surface area contributed by atoms with Crippen molar-refractivity contribution in [1.82, 2.24) is 15.1 Å². The van der Waals surface area contributed by atoms with Gasteiger partial charge < -0.3 is 24.0 Å². The second kappa shape index (κ2) is 10.6. The summed E-state index contributed by atoms with van der Waals surface area (Å²) in [4.78, 5) is 16.9. The minimum absolute atomic E-state index is 0.00516. The number of carbonyl (C=O) groups is 1. The largest absolute Gasteiger partial charge is 0.497 e. The van der Waals surface area contributed by atoms with Gasteiger partial charge in [-0.25, -0.2) is 0 Å². The summed E-state index contributed by atoms with van der Waals surface area (Å²) in [6, 6.07) is 15.4. The van der Waals surface area contributed by atoms with Crippen molar-refractivity contribution in [3.8, 4) is 28.5 Å². The first-order valence-electron chi connectivity index (χ1n) is 11.7. The molecule has 0 aliphatic carbocycles. The quantitative estimate of drug-likeness (QED) is 0.512. The molecule has 0 saturated carbocycles. The molecule has 1 unspecified atom stereocenters. The Bertz CT molecular complexity index is 1170. The van der Waals surface area contributed by atoms with Gasteiger partial charge in [-0.2, -0.15) is 0 Å². The monoisotopic (exact) mass is 476 g/mol. The molecular weight excluding hydrogens is 444 g/mol. The molecule has 35 heavy (non-hydrogen) atoms. The van der Waals surface area contributed by atoms with Crippen LogP contribution in [0, 0.1) is 13.8 Å². The van der Waals surface area contributed by atoms with Gasteiger partial charge in [-0.05, 0) is 74.4 Å². The predicted molar refractivity (Wildman–Crippen MR) is 135 cm³/mol. The van der Waals surface area contributed by atoms with Crippen molar-refractivity contribution in [2.24, 2.45) is 0 Å². The highest BCUT2D eigenvalue weighted by atomic mass is 16.5. The fourth-order valence-electron chi connectivity index (χ4n) is 4.11. The van der Waals surface area contributed by atoms with Crippen molar-refractivity contribution in [2.45, 2.75) is 26.9 Å². The van der Waals surface area contributed by atoms with E-state index in [0.29, 0.717) is 37.6 Å². The zero-order valence-corrected chi connectivity index (χ0v) is 20.9. The number of nitrogens with zero attached hydrogens (tertiary/aromatic N) is 4. The summed E-state index contributed by atoms with van der Waals surface area (Å²) >= 11 is 0. The number of hydrogen-bond donors (Lipinski definition) is 0. The summed E-state index contributed by atoms with van der Waals surface area (Å²) in [5.74, 6) is 2.92. The molecule has 1 fully saturated rings. The number of rotatable bonds is 7. The maximum Gasteiger partial charge on any atom is 0.263 e. The molecule has 1 saturated heterocycles. The standard InChI is InChI=1S/C27H32N4O4/c1-18-6-7-22(16-19(18)2)35-20(3)27(32)31-14-12-30(13-15-31)26-11-9-24(28-29-26)23-17-21(33-4)8-10-25(23)34-5/h6-11,16-17,20H,12-15H2,1-5H3. The lowest BCUT2D eigenvalue weighted by atomic mass is 10.1. The molecule has 1 aromatic heterocycles. The third-order valence-corrected chi connectivity index (χ3v) is 6.39. The maximum absolute atomic E-state index is 12.9. The van der Waals surface area contributed by atoms with E-state index in [4.69, 9.17) is 14.2 Å². The van der Waals surface area contributed by atoms with Gasteiger partial charge in [0.1, 0.15) is 17.2 Å².